The molecule has 0 amide bonds. The van der Waals surface area contributed by atoms with E-state index in [0.29, 0.717) is 0 Å². The maximum absolute atomic E-state index is 4.53. The van der Waals surface area contributed by atoms with Gasteiger partial charge in [-0.25, -0.2) is 4.98 Å². The fourth-order valence-electron chi connectivity index (χ4n) is 3.66. The Kier molecular flexibility index (Phi) is 2.40. The van der Waals surface area contributed by atoms with Gasteiger partial charge in [0.2, 0.25) is 0 Å². The van der Waals surface area contributed by atoms with Crippen molar-refractivity contribution in [3.05, 3.63) is 29.1 Å². The number of fused-ring (bicyclic) bond motifs is 3. The minimum absolute atomic E-state index is 0.720. The van der Waals surface area contributed by atoms with Gasteiger partial charge in [-0.05, 0) is 68.3 Å². The fourth-order valence-corrected chi connectivity index (χ4v) is 3.66. The Hall–Kier alpha value is -1.35. The lowest BCUT2D eigenvalue weighted by atomic mass is 9.88. The van der Waals surface area contributed by atoms with E-state index in [4.69, 9.17) is 0 Å². The first-order chi connectivity index (χ1) is 8.93. The van der Waals surface area contributed by atoms with Gasteiger partial charge >= 0.3 is 0 Å². The molecule has 3 heterocycles. The minimum atomic E-state index is 0.720. The highest BCUT2D eigenvalue weighted by Gasteiger charge is 2.24. The van der Waals surface area contributed by atoms with Crippen LogP contribution in [0.1, 0.15) is 42.0 Å². The first kappa shape index (κ1) is 10.6. The zero-order valence-corrected chi connectivity index (χ0v) is 10.6. The number of piperidine rings is 1. The van der Waals surface area contributed by atoms with Crippen LogP contribution in [0.2, 0.25) is 0 Å². The molecule has 2 N–H and O–H groups in total. The molecule has 94 valence electrons. The summed E-state index contributed by atoms with van der Waals surface area (Å²) in [5, 5.41) is 4.91. The Labute approximate surface area is 107 Å². The maximum atomic E-state index is 4.53. The molecule has 0 aromatic carbocycles. The van der Waals surface area contributed by atoms with Crippen molar-refractivity contribution in [1.29, 1.82) is 0 Å². The predicted octanol–water partition coefficient (Wildman–Crippen LogP) is 2.52. The number of nitrogens with zero attached hydrogens (tertiary/aromatic N) is 1. The molecule has 0 saturated carbocycles. The van der Waals surface area contributed by atoms with E-state index < -0.39 is 0 Å². The summed E-state index contributed by atoms with van der Waals surface area (Å²) < 4.78 is 0. The number of rotatable bonds is 1. The molecule has 1 aliphatic carbocycles. The van der Waals surface area contributed by atoms with Crippen LogP contribution in [0, 0.1) is 0 Å². The van der Waals surface area contributed by atoms with E-state index in [-0.39, 0.29) is 0 Å². The summed E-state index contributed by atoms with van der Waals surface area (Å²) >= 11 is 0. The van der Waals surface area contributed by atoms with Crippen LogP contribution >= 0.6 is 0 Å². The standard InChI is InChI=1S/C15H19N3/c1-2-12-13(3-1)18-15-14(12)11(6-9-17-15)10-4-7-16-8-5-10/h6,9-10,16H,1-5,7-8H2,(H,17,18). The number of aryl methyl sites for hydroxylation is 2. The molecule has 2 aromatic rings. The lowest BCUT2D eigenvalue weighted by molar-refractivity contribution is 0.462. The summed E-state index contributed by atoms with van der Waals surface area (Å²) in [6, 6.07) is 2.25. The number of hydrogen-bond donors (Lipinski definition) is 2. The minimum Gasteiger partial charge on any atom is -0.343 e. The first-order valence-electron chi connectivity index (χ1n) is 7.12. The van der Waals surface area contributed by atoms with Crippen molar-refractivity contribution < 1.29 is 0 Å². The molecule has 1 aliphatic heterocycles. The van der Waals surface area contributed by atoms with Crippen LogP contribution in [0.25, 0.3) is 11.0 Å². The molecule has 0 spiro atoms. The topological polar surface area (TPSA) is 40.7 Å². The van der Waals surface area contributed by atoms with Gasteiger partial charge in [-0.2, -0.15) is 0 Å². The third-order valence-electron chi connectivity index (χ3n) is 4.55. The van der Waals surface area contributed by atoms with Gasteiger partial charge in [-0.1, -0.05) is 0 Å². The Bertz CT molecular complexity index is 579. The molecule has 3 nitrogen and oxygen atoms in total. The molecule has 18 heavy (non-hydrogen) atoms. The summed E-state index contributed by atoms with van der Waals surface area (Å²) in [7, 11) is 0. The zero-order chi connectivity index (χ0) is 11.9. The van der Waals surface area contributed by atoms with E-state index in [1.54, 1.807) is 11.1 Å². The van der Waals surface area contributed by atoms with Crippen LogP contribution in [0.4, 0.5) is 0 Å². The highest BCUT2D eigenvalue weighted by atomic mass is 14.9. The van der Waals surface area contributed by atoms with Crippen molar-refractivity contribution >= 4 is 11.0 Å². The number of hydrogen-bond acceptors (Lipinski definition) is 2. The molecular weight excluding hydrogens is 222 g/mol. The van der Waals surface area contributed by atoms with E-state index in [0.717, 1.165) is 24.7 Å². The van der Waals surface area contributed by atoms with Crippen LogP contribution in [-0.2, 0) is 12.8 Å². The Morgan fingerprint density at radius 2 is 2.06 bits per heavy atom. The number of aromatic nitrogens is 2. The van der Waals surface area contributed by atoms with Gasteiger partial charge in [0.05, 0.1) is 0 Å². The van der Waals surface area contributed by atoms with E-state index in [1.165, 1.54) is 43.2 Å². The molecule has 0 atom stereocenters. The lowest BCUT2D eigenvalue weighted by Gasteiger charge is -2.23. The van der Waals surface area contributed by atoms with Crippen molar-refractivity contribution in [2.24, 2.45) is 0 Å². The second kappa shape index (κ2) is 4.09. The Morgan fingerprint density at radius 1 is 1.17 bits per heavy atom. The molecular formula is C15H19N3. The third-order valence-corrected chi connectivity index (χ3v) is 4.55. The van der Waals surface area contributed by atoms with Crippen LogP contribution < -0.4 is 5.32 Å². The highest BCUT2D eigenvalue weighted by molar-refractivity contribution is 5.86. The second-order valence-corrected chi connectivity index (χ2v) is 5.58. The number of nitrogens with one attached hydrogen (secondary N) is 2. The fraction of sp³-hybridized carbons (Fsp3) is 0.533. The summed E-state index contributed by atoms with van der Waals surface area (Å²) in [5.41, 5.74) is 5.67. The van der Waals surface area contributed by atoms with Crippen molar-refractivity contribution in [3.63, 3.8) is 0 Å². The number of aromatic amines is 1. The molecule has 0 unspecified atom stereocenters. The van der Waals surface area contributed by atoms with Gasteiger partial charge in [0.15, 0.2) is 0 Å². The van der Waals surface area contributed by atoms with Gasteiger partial charge in [0, 0.05) is 17.3 Å². The van der Waals surface area contributed by atoms with E-state index >= 15 is 0 Å². The lowest BCUT2D eigenvalue weighted by Crippen LogP contribution is -2.26. The van der Waals surface area contributed by atoms with E-state index in [2.05, 4.69) is 21.4 Å². The summed E-state index contributed by atoms with van der Waals surface area (Å²) in [6.45, 7) is 2.31. The van der Waals surface area contributed by atoms with Crippen LogP contribution in [0.5, 0.6) is 0 Å². The van der Waals surface area contributed by atoms with Crippen LogP contribution in [-0.4, -0.2) is 23.1 Å². The second-order valence-electron chi connectivity index (χ2n) is 5.58. The van der Waals surface area contributed by atoms with Crippen molar-refractivity contribution in [1.82, 2.24) is 15.3 Å². The third kappa shape index (κ3) is 1.50. The Morgan fingerprint density at radius 3 is 2.94 bits per heavy atom. The summed E-state index contributed by atoms with van der Waals surface area (Å²) in [5.74, 6) is 0.720. The van der Waals surface area contributed by atoms with Crippen LogP contribution in [0.15, 0.2) is 12.3 Å². The molecule has 3 heteroatoms. The van der Waals surface area contributed by atoms with E-state index in [9.17, 15) is 0 Å². The van der Waals surface area contributed by atoms with E-state index in [1.807, 2.05) is 6.20 Å². The van der Waals surface area contributed by atoms with Gasteiger partial charge in [0.25, 0.3) is 0 Å². The highest BCUT2D eigenvalue weighted by Crippen LogP contribution is 2.36. The molecule has 2 aromatic heterocycles. The van der Waals surface area contributed by atoms with Gasteiger partial charge in [-0.3, -0.25) is 0 Å². The predicted molar refractivity (Wildman–Crippen MR) is 73.0 cm³/mol. The van der Waals surface area contributed by atoms with Gasteiger partial charge in [0.1, 0.15) is 5.65 Å². The SMILES string of the molecule is c1cc(C2CCNCC2)c2c3c([nH]c2n1)CCC3. The van der Waals surface area contributed by atoms with Crippen molar-refractivity contribution in [2.45, 2.75) is 38.0 Å². The average molecular weight is 241 g/mol. The van der Waals surface area contributed by atoms with Crippen molar-refractivity contribution in [3.8, 4) is 0 Å². The molecule has 1 saturated heterocycles. The molecule has 4 rings (SSSR count). The summed E-state index contributed by atoms with van der Waals surface area (Å²) in [4.78, 5) is 8.06. The van der Waals surface area contributed by atoms with Gasteiger partial charge in [-0.15, -0.1) is 0 Å². The largest absolute Gasteiger partial charge is 0.343 e. The number of pyridine rings is 1. The normalized spacial score (nSPS) is 20.4. The number of H-pyrrole nitrogens is 1. The first-order valence-corrected chi connectivity index (χ1v) is 7.12. The monoisotopic (exact) mass is 241 g/mol. The summed E-state index contributed by atoms with van der Waals surface area (Å²) in [6.07, 6.45) is 8.25. The Balaban J connectivity index is 1.88. The molecule has 2 aliphatic rings. The molecule has 0 radical (unpaired) electrons. The molecule has 0 bridgehead atoms. The molecule has 1 fully saturated rings. The smallest absolute Gasteiger partial charge is 0.137 e. The quantitative estimate of drug-likeness (QED) is 0.805. The average Bonchev–Trinajstić information content (AvgIpc) is 2.99. The maximum Gasteiger partial charge on any atom is 0.137 e. The zero-order valence-electron chi connectivity index (χ0n) is 10.6. The van der Waals surface area contributed by atoms with Gasteiger partial charge < -0.3 is 10.3 Å². The van der Waals surface area contributed by atoms with Crippen molar-refractivity contribution in [2.75, 3.05) is 13.1 Å². The van der Waals surface area contributed by atoms with Crippen LogP contribution in [0.3, 0.4) is 0 Å².